The molecule has 0 aliphatic heterocycles. The van der Waals surface area contributed by atoms with Gasteiger partial charge in [-0.3, -0.25) is 0 Å². The van der Waals surface area contributed by atoms with Crippen LogP contribution in [0.4, 0.5) is 0 Å². The maximum Gasteiger partial charge on any atom is 0.156 e. The number of halogens is 1. The van der Waals surface area contributed by atoms with Gasteiger partial charge in [-0.25, -0.2) is 0 Å². The molecule has 0 atom stereocenters. The second-order valence-electron chi connectivity index (χ2n) is 1.49. The molecule has 2 N–H and O–H groups in total. The molecule has 0 aliphatic rings. The second-order valence-corrected chi connectivity index (χ2v) is 1.49. The first-order chi connectivity index (χ1) is 2.00. The molecule has 40 valence electrons. The molecule has 3 heteroatoms. The van der Waals surface area contributed by atoms with Crippen LogP contribution in [-0.4, -0.2) is 16.0 Å². The normalized spacial score (nSPS) is 10.0. The molecule has 0 heterocycles. The smallest absolute Gasteiger partial charge is 0.156 e. The number of aliphatic hydroxyl groups is 2. The van der Waals surface area contributed by atoms with E-state index in [4.69, 9.17) is 10.2 Å². The van der Waals surface area contributed by atoms with Crippen molar-refractivity contribution in [2.24, 2.45) is 0 Å². The van der Waals surface area contributed by atoms with Gasteiger partial charge in [0.05, 0.1) is 0 Å². The largest absolute Gasteiger partial charge is 0.366 e. The Bertz CT molecular complexity index is 24.3. The summed E-state index contributed by atoms with van der Waals surface area (Å²) in [5.41, 5.74) is 0. The van der Waals surface area contributed by atoms with Crippen LogP contribution in [-0.2, 0) is 0 Å². The molecule has 0 bridgehead atoms. The molecule has 0 saturated carbocycles. The van der Waals surface area contributed by atoms with Gasteiger partial charge in [0.25, 0.3) is 0 Å². The van der Waals surface area contributed by atoms with Crippen LogP contribution in [0.2, 0.25) is 0 Å². The van der Waals surface area contributed by atoms with Gasteiger partial charge in [-0.1, -0.05) is 0 Å². The average molecular weight is 113 g/mol. The van der Waals surface area contributed by atoms with Crippen molar-refractivity contribution in [1.82, 2.24) is 0 Å². The zero-order valence-corrected chi connectivity index (χ0v) is 4.62. The molecule has 0 fully saturated rings. The third-order valence-electron chi connectivity index (χ3n) is 0. The van der Waals surface area contributed by atoms with Crippen LogP contribution in [0, 0.1) is 0 Å². The van der Waals surface area contributed by atoms with E-state index < -0.39 is 5.79 Å². The molecular formula is C3H9ClO2. The first-order valence-electron chi connectivity index (χ1n) is 1.45. The zero-order chi connectivity index (χ0) is 4.50. The maximum absolute atomic E-state index is 8.08. The van der Waals surface area contributed by atoms with Crippen molar-refractivity contribution in [2.75, 3.05) is 0 Å². The van der Waals surface area contributed by atoms with Gasteiger partial charge in [0.1, 0.15) is 0 Å². The second kappa shape index (κ2) is 2.39. The fourth-order valence-electron chi connectivity index (χ4n) is 0. The van der Waals surface area contributed by atoms with Crippen molar-refractivity contribution in [1.29, 1.82) is 0 Å². The van der Waals surface area contributed by atoms with E-state index in [2.05, 4.69) is 0 Å². The van der Waals surface area contributed by atoms with Crippen LogP contribution in [0.25, 0.3) is 0 Å². The third-order valence-corrected chi connectivity index (χ3v) is 0. The SMILES string of the molecule is CC(C)(O)O.Cl. The van der Waals surface area contributed by atoms with Gasteiger partial charge in [-0.2, -0.15) is 0 Å². The minimum atomic E-state index is -1.50. The van der Waals surface area contributed by atoms with Crippen molar-refractivity contribution in [2.45, 2.75) is 19.6 Å². The molecule has 0 saturated heterocycles. The lowest BCUT2D eigenvalue weighted by molar-refractivity contribution is -0.127. The van der Waals surface area contributed by atoms with Crippen LogP contribution in [0.15, 0.2) is 0 Å². The minimum absolute atomic E-state index is 0. The summed E-state index contributed by atoms with van der Waals surface area (Å²) in [5, 5.41) is 16.2. The van der Waals surface area contributed by atoms with Gasteiger partial charge < -0.3 is 10.2 Å². The Kier molecular flexibility index (Phi) is 3.80. The van der Waals surface area contributed by atoms with Crippen LogP contribution in [0.1, 0.15) is 13.8 Å². The Morgan fingerprint density at radius 3 is 1.17 bits per heavy atom. The van der Waals surface area contributed by atoms with E-state index in [1.54, 1.807) is 0 Å². The first kappa shape index (κ1) is 9.51. The quantitative estimate of drug-likeness (QED) is 0.438. The number of hydrogen-bond donors (Lipinski definition) is 2. The summed E-state index contributed by atoms with van der Waals surface area (Å²) in [6.45, 7) is 2.60. The lowest BCUT2D eigenvalue weighted by atomic mass is 10.4. The summed E-state index contributed by atoms with van der Waals surface area (Å²) in [6.07, 6.45) is 0. The molecule has 0 aromatic heterocycles. The van der Waals surface area contributed by atoms with Gasteiger partial charge in [0.2, 0.25) is 0 Å². The van der Waals surface area contributed by atoms with Gasteiger partial charge in [0, 0.05) is 0 Å². The molecule has 0 amide bonds. The van der Waals surface area contributed by atoms with Crippen LogP contribution >= 0.6 is 12.4 Å². The maximum atomic E-state index is 8.08. The summed E-state index contributed by atoms with van der Waals surface area (Å²) in [6, 6.07) is 0. The van der Waals surface area contributed by atoms with Crippen molar-refractivity contribution in [3.05, 3.63) is 0 Å². The number of hydrogen-bond acceptors (Lipinski definition) is 2. The predicted octanol–water partition coefficient (Wildman–Crippen LogP) is 0.129. The number of rotatable bonds is 0. The van der Waals surface area contributed by atoms with Crippen LogP contribution in [0.5, 0.6) is 0 Å². The van der Waals surface area contributed by atoms with Gasteiger partial charge in [-0.15, -0.1) is 12.4 Å². The predicted molar refractivity (Wildman–Crippen MR) is 25.8 cm³/mol. The van der Waals surface area contributed by atoms with Crippen LogP contribution < -0.4 is 0 Å². The summed E-state index contributed by atoms with van der Waals surface area (Å²) < 4.78 is 0. The highest BCUT2D eigenvalue weighted by Crippen LogP contribution is 1.88. The minimum Gasteiger partial charge on any atom is -0.366 e. The Balaban J connectivity index is 0. The molecule has 0 unspecified atom stereocenters. The average Bonchev–Trinajstić information content (AvgIpc) is 0.722. The standard InChI is InChI=1S/C3H8O2.ClH/c1-3(2,4)5;/h4-5H,1-2H3;1H. The topological polar surface area (TPSA) is 40.5 Å². The Morgan fingerprint density at radius 1 is 1.17 bits per heavy atom. The molecule has 6 heavy (non-hydrogen) atoms. The first-order valence-corrected chi connectivity index (χ1v) is 1.45. The van der Waals surface area contributed by atoms with Gasteiger partial charge in [-0.05, 0) is 13.8 Å². The summed E-state index contributed by atoms with van der Waals surface area (Å²) >= 11 is 0. The Labute approximate surface area is 43.2 Å². The van der Waals surface area contributed by atoms with Crippen molar-refractivity contribution in [3.8, 4) is 0 Å². The summed E-state index contributed by atoms with van der Waals surface area (Å²) in [4.78, 5) is 0. The zero-order valence-electron chi connectivity index (χ0n) is 3.80. The third kappa shape index (κ3) is 984. The molecule has 2 nitrogen and oxygen atoms in total. The highest BCUT2D eigenvalue weighted by atomic mass is 35.5. The lowest BCUT2D eigenvalue weighted by Crippen LogP contribution is -2.15. The van der Waals surface area contributed by atoms with Crippen molar-refractivity contribution >= 4 is 12.4 Å². The Hall–Kier alpha value is 0.210. The molecule has 0 radical (unpaired) electrons. The molecule has 0 rings (SSSR count). The highest BCUT2D eigenvalue weighted by Gasteiger charge is 2.00. The summed E-state index contributed by atoms with van der Waals surface area (Å²) in [7, 11) is 0. The molecule has 0 aromatic carbocycles. The van der Waals surface area contributed by atoms with Gasteiger partial charge >= 0.3 is 0 Å². The van der Waals surface area contributed by atoms with E-state index >= 15 is 0 Å². The van der Waals surface area contributed by atoms with Crippen LogP contribution in [0.3, 0.4) is 0 Å². The lowest BCUT2D eigenvalue weighted by Gasteiger charge is -2.03. The fourth-order valence-corrected chi connectivity index (χ4v) is 0. The molecular weight excluding hydrogens is 103 g/mol. The highest BCUT2D eigenvalue weighted by molar-refractivity contribution is 5.85. The molecule has 0 spiro atoms. The Morgan fingerprint density at radius 2 is 1.17 bits per heavy atom. The van der Waals surface area contributed by atoms with Gasteiger partial charge in [0.15, 0.2) is 5.79 Å². The van der Waals surface area contributed by atoms with E-state index in [0.717, 1.165) is 0 Å². The van der Waals surface area contributed by atoms with Crippen molar-refractivity contribution < 1.29 is 10.2 Å². The summed E-state index contributed by atoms with van der Waals surface area (Å²) in [5.74, 6) is -1.50. The fraction of sp³-hybridized carbons (Fsp3) is 1.00. The molecule has 0 aromatic rings. The van der Waals surface area contributed by atoms with E-state index in [-0.39, 0.29) is 12.4 Å². The van der Waals surface area contributed by atoms with E-state index in [1.807, 2.05) is 0 Å². The van der Waals surface area contributed by atoms with E-state index in [0.29, 0.717) is 0 Å². The van der Waals surface area contributed by atoms with E-state index in [1.165, 1.54) is 13.8 Å². The monoisotopic (exact) mass is 112 g/mol. The molecule has 0 aliphatic carbocycles. The van der Waals surface area contributed by atoms with E-state index in [9.17, 15) is 0 Å². The van der Waals surface area contributed by atoms with Crippen molar-refractivity contribution in [3.63, 3.8) is 0 Å².